The van der Waals surface area contributed by atoms with Crippen molar-refractivity contribution in [3.8, 4) is 0 Å². The van der Waals surface area contributed by atoms with Crippen molar-refractivity contribution in [1.29, 1.82) is 0 Å². The van der Waals surface area contributed by atoms with Gasteiger partial charge in [-0.3, -0.25) is 28.9 Å². The molecule has 0 aromatic carbocycles. The maximum atomic E-state index is 10.4. The Balaban J connectivity index is -0.0000000299. The summed E-state index contributed by atoms with van der Waals surface area (Å²) in [5, 5.41) is 1.00. The number of ketones is 3. The number of sulfone groups is 1. The molecule has 0 aliphatic carbocycles. The molecule has 0 atom stereocenters. The molecule has 1 rings (SSSR count). The fourth-order valence-electron chi connectivity index (χ4n) is 0.475. The van der Waals surface area contributed by atoms with Crippen LogP contribution in [0.4, 0.5) is 0 Å². The number of hydrogen-bond donors (Lipinski definition) is 0. The van der Waals surface area contributed by atoms with Gasteiger partial charge in [-0.2, -0.15) is 0 Å². The lowest BCUT2D eigenvalue weighted by Gasteiger charge is -2.01. The van der Waals surface area contributed by atoms with Crippen molar-refractivity contribution >= 4 is 66.5 Å². The third kappa shape index (κ3) is 60.2. The van der Waals surface area contributed by atoms with Crippen molar-refractivity contribution in [1.82, 2.24) is 4.90 Å². The highest BCUT2D eigenvalue weighted by Gasteiger charge is 2.17. The zero-order chi connectivity index (χ0) is 25.9. The first kappa shape index (κ1) is 64.5. The molecule has 1 aliphatic rings. The molecule has 0 spiro atoms. The minimum Gasteiger partial charge on any atom is -0.295 e. The van der Waals surface area contributed by atoms with Crippen LogP contribution in [-0.2, 0) is 33.8 Å². The number of rotatable bonds is 4. The number of amides is 2. The van der Waals surface area contributed by atoms with Gasteiger partial charge in [0.2, 0.25) is 0 Å². The van der Waals surface area contributed by atoms with Gasteiger partial charge >= 0.3 is 0 Å². The molecule has 8 nitrogen and oxygen atoms in total. The number of imide groups is 1. The van der Waals surface area contributed by atoms with Crippen LogP contribution in [0, 0.1) is 0 Å². The number of hydrogen-bond acceptors (Lipinski definition) is 7. The summed E-state index contributed by atoms with van der Waals surface area (Å²) < 4.78 is 20.2. The summed E-state index contributed by atoms with van der Waals surface area (Å²) in [6.45, 7) is 17.0. The fourth-order valence-corrected chi connectivity index (χ4v) is 0.475. The van der Waals surface area contributed by atoms with Gasteiger partial charge in [-0.1, -0.05) is 82.5 Å². The lowest BCUT2D eigenvalue weighted by Crippen LogP contribution is -2.24. The van der Waals surface area contributed by atoms with E-state index in [-0.39, 0.29) is 78.8 Å². The van der Waals surface area contributed by atoms with E-state index < -0.39 is 9.84 Å². The van der Waals surface area contributed by atoms with E-state index in [1.54, 1.807) is 0 Å². The van der Waals surface area contributed by atoms with Gasteiger partial charge in [0.1, 0.15) is 0 Å². The number of carbonyl (C=O) groups is 5. The second kappa shape index (κ2) is 35.7. The number of likely N-dealkylation sites (N-methyl/N-ethyl adjacent to an activating group) is 1. The molecular weight excluding hydrogens is 586 g/mol. The van der Waals surface area contributed by atoms with Crippen LogP contribution in [0.3, 0.4) is 0 Å². The van der Waals surface area contributed by atoms with Gasteiger partial charge in [0.15, 0.2) is 27.2 Å². The highest BCUT2D eigenvalue weighted by molar-refractivity contribution is 9.12. The maximum absolute atomic E-state index is 10.4. The summed E-state index contributed by atoms with van der Waals surface area (Å²) in [6.07, 6.45) is 4.88. The summed E-state index contributed by atoms with van der Waals surface area (Å²) in [5.74, 6) is -0.651. The van der Waals surface area contributed by atoms with Crippen molar-refractivity contribution in [2.75, 3.05) is 13.3 Å². The molecule has 2 amide bonds. The molecule has 0 fully saturated rings. The minimum atomic E-state index is -2.90. The monoisotopic (exact) mass is 635 g/mol. The van der Waals surface area contributed by atoms with E-state index in [0.29, 0.717) is 4.48 Å². The van der Waals surface area contributed by atoms with Gasteiger partial charge in [0, 0.05) is 37.8 Å². The van der Waals surface area contributed by atoms with Gasteiger partial charge in [0.05, 0.1) is 9.51 Å². The van der Waals surface area contributed by atoms with Crippen LogP contribution in [0.25, 0.3) is 0 Å². The molecule has 1 aliphatic heterocycles. The number of nitrogens with zero attached hydrogens (tertiary/aromatic N) is 1. The quantitative estimate of drug-likeness (QED) is 0.238. The molecule has 0 bridgehead atoms. The molecule has 0 aromatic rings. The minimum absolute atomic E-state index is 0. The molecule has 0 aromatic heterocycles. The molecule has 1 heterocycles. The molecule has 11 heteroatoms. The predicted octanol–water partition coefficient (Wildman–Crippen LogP) is 7.11. The van der Waals surface area contributed by atoms with Crippen molar-refractivity contribution in [3.63, 3.8) is 0 Å². The maximum Gasteiger partial charge on any atom is 0.253 e. The molecular formula is C26H51BrClNO7S. The van der Waals surface area contributed by atoms with E-state index in [1.165, 1.54) is 46.0 Å². The predicted molar refractivity (Wildman–Crippen MR) is 168 cm³/mol. The second-order valence-corrected chi connectivity index (χ2v) is 8.71. The highest BCUT2D eigenvalue weighted by atomic mass is 79.9. The summed E-state index contributed by atoms with van der Waals surface area (Å²) in [7, 11) is -1.45. The lowest BCUT2D eigenvalue weighted by atomic mass is 10.4. The van der Waals surface area contributed by atoms with E-state index in [1.807, 2.05) is 0 Å². The van der Waals surface area contributed by atoms with Crippen LogP contribution in [0.2, 0.25) is 0 Å². The van der Waals surface area contributed by atoms with E-state index in [4.69, 9.17) is 11.6 Å². The Morgan fingerprint density at radius 3 is 1.08 bits per heavy atom. The Morgan fingerprint density at radius 1 is 0.865 bits per heavy atom. The smallest absolute Gasteiger partial charge is 0.253 e. The van der Waals surface area contributed by atoms with Crippen molar-refractivity contribution in [3.05, 3.63) is 59.5 Å². The van der Waals surface area contributed by atoms with E-state index in [9.17, 15) is 32.4 Å². The second-order valence-electron chi connectivity index (χ2n) is 5.30. The first-order valence-corrected chi connectivity index (χ1v) is 11.1. The topological polar surface area (TPSA) is 123 Å². The largest absolute Gasteiger partial charge is 0.295 e. The number of carbonyl (C=O) groups excluding carboxylic acids is 5. The number of allylic oxidation sites excluding steroid dienone is 3. The summed E-state index contributed by atoms with van der Waals surface area (Å²) in [5.41, 5.74) is 0. The van der Waals surface area contributed by atoms with Crippen molar-refractivity contribution in [2.45, 2.75) is 65.3 Å². The van der Waals surface area contributed by atoms with Crippen LogP contribution in [0.15, 0.2) is 59.5 Å². The number of Topliss-reactive ketones (excluding diaryl/α,β-unsaturated/α-hetero) is 2. The standard InChI is InChI=1S/C5H5NO2.C4H5BrO.C4H5ClO.C4H6O.C3H6O2S.6CH4/c1-6-4(7)2-3-5(6)8;2*1-3(5)4(2)6;1-3-4(2)5;1-3-6(2,4)5;;;;;;/h2-3H,1H3;2*1H2,2H3;3H,1H2,2H3;3H,1H2,2H3;6*1H4. The van der Waals surface area contributed by atoms with E-state index >= 15 is 0 Å². The van der Waals surface area contributed by atoms with Crippen LogP contribution in [-0.4, -0.2) is 55.8 Å². The number of halogens is 2. The molecule has 0 saturated heterocycles. The Morgan fingerprint density at radius 2 is 1.05 bits per heavy atom. The average Bonchev–Trinajstić information content (AvgIpc) is 2.94. The van der Waals surface area contributed by atoms with E-state index in [0.717, 1.165) is 16.6 Å². The SMILES string of the molecule is C.C.C.C.C.C.C=C(Br)C(C)=O.C=C(Cl)C(C)=O.C=CC(C)=O.C=CS(C)(=O)=O.CN1C(=O)C=CC1=O. The van der Waals surface area contributed by atoms with Crippen molar-refractivity contribution in [2.24, 2.45) is 0 Å². The van der Waals surface area contributed by atoms with Crippen LogP contribution in [0.1, 0.15) is 65.3 Å². The first-order chi connectivity index (χ1) is 13.8. The van der Waals surface area contributed by atoms with Gasteiger partial charge in [-0.15, -0.1) is 0 Å². The normalized spacial score (nSPS) is 9.11. The Hall–Kier alpha value is -2.43. The zero-order valence-electron chi connectivity index (χ0n) is 18.1. The van der Waals surface area contributed by atoms with Gasteiger partial charge < -0.3 is 0 Å². The van der Waals surface area contributed by atoms with Gasteiger partial charge in [0.25, 0.3) is 11.8 Å². The fraction of sp³-hybridized carbons (Fsp3) is 0.423. The Labute approximate surface area is 241 Å². The Kier molecular flexibility index (Phi) is 62.3. The van der Waals surface area contributed by atoms with Gasteiger partial charge in [-0.25, -0.2) is 8.42 Å². The molecule has 0 N–H and O–H groups in total. The third-order valence-electron chi connectivity index (χ3n) is 2.38. The summed E-state index contributed by atoms with van der Waals surface area (Å²) in [6, 6.07) is 0. The summed E-state index contributed by atoms with van der Waals surface area (Å²) >= 11 is 7.96. The van der Waals surface area contributed by atoms with Crippen LogP contribution < -0.4 is 0 Å². The molecule has 222 valence electrons. The Bertz CT molecular complexity index is 785. The summed E-state index contributed by atoms with van der Waals surface area (Å²) in [4.78, 5) is 51.5. The zero-order valence-corrected chi connectivity index (χ0v) is 21.3. The molecule has 37 heavy (non-hydrogen) atoms. The molecule has 0 radical (unpaired) electrons. The molecule has 0 saturated carbocycles. The van der Waals surface area contributed by atoms with E-state index in [2.05, 4.69) is 42.2 Å². The average molecular weight is 637 g/mol. The first-order valence-electron chi connectivity index (χ1n) is 7.99. The highest BCUT2D eigenvalue weighted by Crippen LogP contribution is 1.99. The lowest BCUT2D eigenvalue weighted by molar-refractivity contribution is -0.135. The molecule has 0 unspecified atom stereocenters. The third-order valence-corrected chi connectivity index (χ3v) is 3.81. The van der Waals surface area contributed by atoms with Gasteiger partial charge in [-0.05, 0) is 35.9 Å². The van der Waals surface area contributed by atoms with Crippen molar-refractivity contribution < 1.29 is 32.4 Å². The van der Waals surface area contributed by atoms with Crippen LogP contribution >= 0.6 is 27.5 Å². The van der Waals surface area contributed by atoms with Crippen LogP contribution in [0.5, 0.6) is 0 Å².